The topological polar surface area (TPSA) is 41.0 Å². The molecule has 4 nitrogen and oxygen atoms in total. The second-order valence-electron chi connectivity index (χ2n) is 4.21. The fourth-order valence-electron chi connectivity index (χ4n) is 2.00. The van der Waals surface area contributed by atoms with Gasteiger partial charge in [-0.2, -0.15) is 0 Å². The van der Waals surface area contributed by atoms with Crippen LogP contribution in [0.15, 0.2) is 12.3 Å². The van der Waals surface area contributed by atoms with Crippen LogP contribution in [0.2, 0.25) is 5.15 Å². The van der Waals surface area contributed by atoms with Gasteiger partial charge >= 0.3 is 0 Å². The highest BCUT2D eigenvalue weighted by Crippen LogP contribution is 2.12. The molecule has 1 aromatic heterocycles. The number of nitrogens with one attached hydrogen (secondary N) is 1. The van der Waals surface area contributed by atoms with Crippen LogP contribution in [0.1, 0.15) is 19.3 Å². The molecule has 0 unspecified atom stereocenters. The minimum absolute atomic E-state index is 0.494. The summed E-state index contributed by atoms with van der Waals surface area (Å²) in [5.41, 5.74) is 0. The third-order valence-electron chi connectivity index (χ3n) is 2.86. The first-order valence-electron chi connectivity index (χ1n) is 5.69. The molecular weight excluding hydrogens is 224 g/mol. The summed E-state index contributed by atoms with van der Waals surface area (Å²) in [6.45, 7) is 2.05. The van der Waals surface area contributed by atoms with Crippen LogP contribution in [-0.4, -0.2) is 36.1 Å². The molecule has 1 aromatic rings. The zero-order valence-corrected chi connectivity index (χ0v) is 10.2. The van der Waals surface area contributed by atoms with Crippen molar-refractivity contribution in [3.63, 3.8) is 0 Å². The molecule has 1 fully saturated rings. The highest BCUT2D eigenvalue weighted by molar-refractivity contribution is 6.29. The summed E-state index contributed by atoms with van der Waals surface area (Å²) in [5.74, 6) is 0.694. The Hall–Kier alpha value is -0.870. The molecule has 1 aliphatic heterocycles. The fourth-order valence-corrected chi connectivity index (χ4v) is 2.14. The molecule has 0 radical (unpaired) electrons. The SMILES string of the molecule is CN(C[C@H]1CCCCN1)c1nccc(Cl)n1. The molecule has 5 heteroatoms. The Bertz CT molecular complexity index is 339. The molecule has 1 atom stereocenters. The highest BCUT2D eigenvalue weighted by atomic mass is 35.5. The van der Waals surface area contributed by atoms with Gasteiger partial charge in [-0.05, 0) is 25.5 Å². The van der Waals surface area contributed by atoms with Crippen molar-refractivity contribution >= 4 is 17.5 Å². The number of hydrogen-bond donors (Lipinski definition) is 1. The van der Waals surface area contributed by atoms with E-state index in [4.69, 9.17) is 11.6 Å². The first-order chi connectivity index (χ1) is 7.75. The maximum Gasteiger partial charge on any atom is 0.226 e. The van der Waals surface area contributed by atoms with Crippen LogP contribution in [0.5, 0.6) is 0 Å². The van der Waals surface area contributed by atoms with Crippen LogP contribution in [0.25, 0.3) is 0 Å². The van der Waals surface area contributed by atoms with E-state index in [2.05, 4.69) is 20.2 Å². The van der Waals surface area contributed by atoms with Gasteiger partial charge in [0.05, 0.1) is 0 Å². The van der Waals surface area contributed by atoms with E-state index in [9.17, 15) is 0 Å². The van der Waals surface area contributed by atoms with Crippen molar-refractivity contribution in [1.82, 2.24) is 15.3 Å². The first-order valence-corrected chi connectivity index (χ1v) is 6.06. The molecular formula is C11H17ClN4. The maximum atomic E-state index is 5.84. The van der Waals surface area contributed by atoms with Gasteiger partial charge in [0.15, 0.2) is 0 Å². The summed E-state index contributed by atoms with van der Waals surface area (Å²) in [5, 5.41) is 4.00. The zero-order valence-electron chi connectivity index (χ0n) is 9.49. The molecule has 1 aliphatic rings. The van der Waals surface area contributed by atoms with Crippen LogP contribution < -0.4 is 10.2 Å². The van der Waals surface area contributed by atoms with E-state index < -0.39 is 0 Å². The van der Waals surface area contributed by atoms with Gasteiger partial charge in [0.2, 0.25) is 5.95 Å². The Balaban J connectivity index is 1.94. The van der Waals surface area contributed by atoms with Crippen molar-refractivity contribution in [3.8, 4) is 0 Å². The Labute approximate surface area is 101 Å². The second kappa shape index (κ2) is 5.46. The van der Waals surface area contributed by atoms with Gasteiger partial charge in [0, 0.05) is 25.8 Å². The molecule has 0 spiro atoms. The standard InChI is InChI=1S/C11H17ClN4/c1-16(8-9-4-2-3-6-13-9)11-14-7-5-10(12)15-11/h5,7,9,13H,2-4,6,8H2,1H3/t9-/m1/s1. The summed E-state index contributed by atoms with van der Waals surface area (Å²) < 4.78 is 0. The molecule has 0 amide bonds. The first kappa shape index (κ1) is 11.6. The van der Waals surface area contributed by atoms with Crippen molar-refractivity contribution < 1.29 is 0 Å². The summed E-state index contributed by atoms with van der Waals surface area (Å²) in [7, 11) is 2.00. The molecule has 0 bridgehead atoms. The minimum Gasteiger partial charge on any atom is -0.342 e. The lowest BCUT2D eigenvalue weighted by molar-refractivity contribution is 0.402. The van der Waals surface area contributed by atoms with E-state index >= 15 is 0 Å². The number of aromatic nitrogens is 2. The Morgan fingerprint density at radius 1 is 1.56 bits per heavy atom. The zero-order chi connectivity index (χ0) is 11.4. The van der Waals surface area contributed by atoms with Gasteiger partial charge < -0.3 is 10.2 Å². The molecule has 2 heterocycles. The number of nitrogens with zero attached hydrogens (tertiary/aromatic N) is 3. The van der Waals surface area contributed by atoms with Crippen molar-refractivity contribution in [2.24, 2.45) is 0 Å². The van der Waals surface area contributed by atoms with Crippen molar-refractivity contribution in [3.05, 3.63) is 17.4 Å². The lowest BCUT2D eigenvalue weighted by atomic mass is 10.0. The van der Waals surface area contributed by atoms with E-state index in [0.29, 0.717) is 17.1 Å². The van der Waals surface area contributed by atoms with Crippen molar-refractivity contribution in [2.45, 2.75) is 25.3 Å². The highest BCUT2D eigenvalue weighted by Gasteiger charge is 2.15. The number of anilines is 1. The Kier molecular flexibility index (Phi) is 3.96. The smallest absolute Gasteiger partial charge is 0.226 e. The Morgan fingerprint density at radius 2 is 2.44 bits per heavy atom. The quantitative estimate of drug-likeness (QED) is 0.817. The molecule has 0 aromatic carbocycles. The normalized spacial score (nSPS) is 20.8. The predicted molar refractivity (Wildman–Crippen MR) is 66.0 cm³/mol. The van der Waals surface area contributed by atoms with Gasteiger partial charge in [0.25, 0.3) is 0 Å². The number of hydrogen-bond acceptors (Lipinski definition) is 4. The summed E-state index contributed by atoms with van der Waals surface area (Å²) in [6.07, 6.45) is 5.51. The van der Waals surface area contributed by atoms with Crippen LogP contribution in [0.3, 0.4) is 0 Å². The molecule has 0 aliphatic carbocycles. The summed E-state index contributed by atoms with van der Waals surface area (Å²) in [4.78, 5) is 10.4. The molecule has 88 valence electrons. The predicted octanol–water partition coefficient (Wildman–Crippen LogP) is 1.71. The molecule has 1 N–H and O–H groups in total. The largest absolute Gasteiger partial charge is 0.342 e. The third-order valence-corrected chi connectivity index (χ3v) is 3.07. The summed E-state index contributed by atoms with van der Waals surface area (Å²) >= 11 is 5.84. The fraction of sp³-hybridized carbons (Fsp3) is 0.636. The van der Waals surface area contributed by atoms with Crippen LogP contribution >= 0.6 is 11.6 Å². The van der Waals surface area contributed by atoms with Gasteiger partial charge in [-0.1, -0.05) is 18.0 Å². The lowest BCUT2D eigenvalue weighted by Gasteiger charge is -2.28. The molecule has 1 saturated heterocycles. The maximum absolute atomic E-state index is 5.84. The lowest BCUT2D eigenvalue weighted by Crippen LogP contribution is -2.42. The number of halogens is 1. The molecule has 0 saturated carbocycles. The van der Waals surface area contributed by atoms with Gasteiger partial charge in [0.1, 0.15) is 5.15 Å². The van der Waals surface area contributed by atoms with Gasteiger partial charge in [-0.15, -0.1) is 0 Å². The van der Waals surface area contributed by atoms with Crippen LogP contribution in [0, 0.1) is 0 Å². The van der Waals surface area contributed by atoms with Gasteiger partial charge in [-0.25, -0.2) is 9.97 Å². The van der Waals surface area contributed by atoms with Gasteiger partial charge in [-0.3, -0.25) is 0 Å². The van der Waals surface area contributed by atoms with E-state index in [1.165, 1.54) is 19.3 Å². The third kappa shape index (κ3) is 3.06. The Morgan fingerprint density at radius 3 is 3.12 bits per heavy atom. The van der Waals surface area contributed by atoms with E-state index in [-0.39, 0.29) is 0 Å². The average Bonchev–Trinajstić information content (AvgIpc) is 2.30. The molecule has 2 rings (SSSR count). The molecule has 16 heavy (non-hydrogen) atoms. The minimum atomic E-state index is 0.494. The summed E-state index contributed by atoms with van der Waals surface area (Å²) in [6, 6.07) is 2.24. The van der Waals surface area contributed by atoms with Crippen molar-refractivity contribution in [1.29, 1.82) is 0 Å². The number of likely N-dealkylation sites (N-methyl/N-ethyl adjacent to an activating group) is 1. The monoisotopic (exact) mass is 240 g/mol. The van der Waals surface area contributed by atoms with Crippen molar-refractivity contribution in [2.75, 3.05) is 25.0 Å². The second-order valence-corrected chi connectivity index (χ2v) is 4.59. The van der Waals surface area contributed by atoms with E-state index in [1.54, 1.807) is 12.3 Å². The average molecular weight is 241 g/mol. The van der Waals surface area contributed by atoms with Crippen LogP contribution in [-0.2, 0) is 0 Å². The number of rotatable bonds is 3. The van der Waals surface area contributed by atoms with E-state index in [0.717, 1.165) is 13.1 Å². The number of piperidine rings is 1. The van der Waals surface area contributed by atoms with Crippen LogP contribution in [0.4, 0.5) is 5.95 Å². The van der Waals surface area contributed by atoms with E-state index in [1.807, 2.05) is 7.05 Å².